The summed E-state index contributed by atoms with van der Waals surface area (Å²) >= 11 is 0. The van der Waals surface area contributed by atoms with Crippen LogP contribution < -0.4 is 10.1 Å². The van der Waals surface area contributed by atoms with Gasteiger partial charge in [0.15, 0.2) is 0 Å². The molecule has 1 N–H and O–H groups in total. The molecule has 1 atom stereocenters. The maximum atomic E-state index is 5.70. The van der Waals surface area contributed by atoms with E-state index in [0.717, 1.165) is 12.2 Å². The SMILES string of the molecule is CCOc1ccccc1C(Cc1cnn(C)c1)NC. The van der Waals surface area contributed by atoms with Crippen molar-refractivity contribution in [3.63, 3.8) is 0 Å². The van der Waals surface area contributed by atoms with Crippen LogP contribution in [0.1, 0.15) is 24.1 Å². The van der Waals surface area contributed by atoms with Crippen LogP contribution in [0.2, 0.25) is 0 Å². The monoisotopic (exact) mass is 259 g/mol. The summed E-state index contributed by atoms with van der Waals surface area (Å²) in [6.07, 6.45) is 4.86. The number of hydrogen-bond acceptors (Lipinski definition) is 3. The van der Waals surface area contributed by atoms with Gasteiger partial charge < -0.3 is 10.1 Å². The molecule has 0 amide bonds. The molecule has 102 valence electrons. The second-order valence-electron chi connectivity index (χ2n) is 4.54. The second kappa shape index (κ2) is 6.38. The van der Waals surface area contributed by atoms with E-state index in [2.05, 4.69) is 16.5 Å². The third kappa shape index (κ3) is 3.35. The van der Waals surface area contributed by atoms with E-state index in [0.29, 0.717) is 6.61 Å². The Kier molecular flexibility index (Phi) is 4.58. The van der Waals surface area contributed by atoms with Crippen molar-refractivity contribution in [2.45, 2.75) is 19.4 Å². The van der Waals surface area contributed by atoms with Crippen molar-refractivity contribution in [2.24, 2.45) is 7.05 Å². The van der Waals surface area contributed by atoms with E-state index in [1.807, 2.05) is 56.3 Å². The molecular formula is C15H21N3O. The summed E-state index contributed by atoms with van der Waals surface area (Å²) in [5.41, 5.74) is 2.41. The summed E-state index contributed by atoms with van der Waals surface area (Å²) < 4.78 is 7.53. The van der Waals surface area contributed by atoms with Gasteiger partial charge in [0.05, 0.1) is 12.8 Å². The average Bonchev–Trinajstić information content (AvgIpc) is 2.83. The quantitative estimate of drug-likeness (QED) is 0.865. The molecule has 19 heavy (non-hydrogen) atoms. The lowest BCUT2D eigenvalue weighted by atomic mass is 10.00. The van der Waals surface area contributed by atoms with Gasteiger partial charge in [-0.15, -0.1) is 0 Å². The van der Waals surface area contributed by atoms with Crippen molar-refractivity contribution in [1.82, 2.24) is 15.1 Å². The molecule has 1 unspecified atom stereocenters. The first-order valence-corrected chi connectivity index (χ1v) is 6.61. The molecule has 2 rings (SSSR count). The van der Waals surface area contributed by atoms with Crippen LogP contribution in [0.15, 0.2) is 36.7 Å². The van der Waals surface area contributed by atoms with Gasteiger partial charge in [-0.3, -0.25) is 4.68 Å². The molecule has 4 nitrogen and oxygen atoms in total. The summed E-state index contributed by atoms with van der Waals surface area (Å²) in [5, 5.41) is 7.57. The van der Waals surface area contributed by atoms with Gasteiger partial charge in [-0.25, -0.2) is 0 Å². The van der Waals surface area contributed by atoms with E-state index in [1.54, 1.807) is 0 Å². The fourth-order valence-corrected chi connectivity index (χ4v) is 2.24. The van der Waals surface area contributed by atoms with Crippen LogP contribution in [0, 0.1) is 0 Å². The Morgan fingerprint density at radius 1 is 1.37 bits per heavy atom. The van der Waals surface area contributed by atoms with Crippen molar-refractivity contribution in [3.8, 4) is 5.75 Å². The number of benzene rings is 1. The lowest BCUT2D eigenvalue weighted by molar-refractivity contribution is 0.332. The molecule has 0 fully saturated rings. The van der Waals surface area contributed by atoms with Gasteiger partial charge in [-0.05, 0) is 32.0 Å². The minimum atomic E-state index is 0.229. The van der Waals surface area contributed by atoms with Gasteiger partial charge in [0.1, 0.15) is 5.75 Å². The van der Waals surface area contributed by atoms with Gasteiger partial charge in [0, 0.05) is 24.8 Å². The van der Waals surface area contributed by atoms with E-state index in [-0.39, 0.29) is 6.04 Å². The first kappa shape index (κ1) is 13.6. The average molecular weight is 259 g/mol. The fraction of sp³-hybridized carbons (Fsp3) is 0.400. The van der Waals surface area contributed by atoms with Crippen LogP contribution in [0.4, 0.5) is 0 Å². The number of nitrogens with one attached hydrogen (secondary N) is 1. The minimum Gasteiger partial charge on any atom is -0.494 e. The largest absolute Gasteiger partial charge is 0.494 e. The highest BCUT2D eigenvalue weighted by Gasteiger charge is 2.15. The first-order valence-electron chi connectivity index (χ1n) is 6.61. The normalized spacial score (nSPS) is 12.4. The van der Waals surface area contributed by atoms with Gasteiger partial charge >= 0.3 is 0 Å². The molecule has 0 radical (unpaired) electrons. The molecule has 0 saturated carbocycles. The molecule has 0 spiro atoms. The number of nitrogens with zero attached hydrogens (tertiary/aromatic N) is 2. The molecule has 0 saturated heterocycles. The van der Waals surface area contributed by atoms with Crippen molar-refractivity contribution in [1.29, 1.82) is 0 Å². The highest BCUT2D eigenvalue weighted by Crippen LogP contribution is 2.27. The van der Waals surface area contributed by atoms with Crippen LogP contribution in [0.3, 0.4) is 0 Å². The van der Waals surface area contributed by atoms with Crippen LogP contribution in [-0.2, 0) is 13.5 Å². The van der Waals surface area contributed by atoms with Crippen LogP contribution in [0.25, 0.3) is 0 Å². The van der Waals surface area contributed by atoms with E-state index in [9.17, 15) is 0 Å². The maximum Gasteiger partial charge on any atom is 0.124 e. The standard InChI is InChI=1S/C15H21N3O/c1-4-19-15-8-6-5-7-13(15)14(16-2)9-12-10-17-18(3)11-12/h5-8,10-11,14,16H,4,9H2,1-3H3. The first-order chi connectivity index (χ1) is 9.24. The third-order valence-corrected chi connectivity index (χ3v) is 3.14. The van der Waals surface area contributed by atoms with Crippen LogP contribution in [-0.4, -0.2) is 23.4 Å². The van der Waals surface area contributed by atoms with Gasteiger partial charge in [-0.2, -0.15) is 5.10 Å². The maximum absolute atomic E-state index is 5.70. The molecule has 2 aromatic rings. The zero-order chi connectivity index (χ0) is 13.7. The van der Waals surface area contributed by atoms with Crippen LogP contribution in [0.5, 0.6) is 5.75 Å². The van der Waals surface area contributed by atoms with Gasteiger partial charge in [0.25, 0.3) is 0 Å². The van der Waals surface area contributed by atoms with Crippen molar-refractivity contribution in [2.75, 3.05) is 13.7 Å². The number of likely N-dealkylation sites (N-methyl/N-ethyl adjacent to an activating group) is 1. The Morgan fingerprint density at radius 3 is 2.79 bits per heavy atom. The smallest absolute Gasteiger partial charge is 0.124 e. The summed E-state index contributed by atoms with van der Waals surface area (Å²) in [6.45, 7) is 2.69. The highest BCUT2D eigenvalue weighted by molar-refractivity contribution is 5.36. The predicted molar refractivity (Wildman–Crippen MR) is 76.3 cm³/mol. The molecule has 0 bridgehead atoms. The number of aromatic nitrogens is 2. The number of hydrogen-bond donors (Lipinski definition) is 1. The topological polar surface area (TPSA) is 39.1 Å². The zero-order valence-electron chi connectivity index (χ0n) is 11.8. The van der Waals surface area contributed by atoms with E-state index < -0.39 is 0 Å². The molecule has 4 heteroatoms. The van der Waals surface area contributed by atoms with E-state index in [4.69, 9.17) is 4.74 Å². The van der Waals surface area contributed by atoms with E-state index in [1.165, 1.54) is 11.1 Å². The lowest BCUT2D eigenvalue weighted by Gasteiger charge is -2.19. The molecule has 0 aliphatic rings. The third-order valence-electron chi connectivity index (χ3n) is 3.14. The van der Waals surface area contributed by atoms with Gasteiger partial charge in [-0.1, -0.05) is 18.2 Å². The number of para-hydroxylation sites is 1. The van der Waals surface area contributed by atoms with Gasteiger partial charge in [0.2, 0.25) is 0 Å². The lowest BCUT2D eigenvalue weighted by Crippen LogP contribution is -2.19. The van der Waals surface area contributed by atoms with Crippen molar-refractivity contribution in [3.05, 3.63) is 47.8 Å². The summed E-state index contributed by atoms with van der Waals surface area (Å²) in [7, 11) is 3.91. The van der Waals surface area contributed by atoms with E-state index >= 15 is 0 Å². The van der Waals surface area contributed by atoms with Crippen molar-refractivity contribution < 1.29 is 4.74 Å². The molecule has 1 aromatic carbocycles. The Bertz CT molecular complexity index is 522. The Labute approximate surface area is 114 Å². The molecule has 1 aromatic heterocycles. The molecule has 1 heterocycles. The number of ether oxygens (including phenoxy) is 1. The second-order valence-corrected chi connectivity index (χ2v) is 4.54. The molecule has 0 aliphatic carbocycles. The summed E-state index contributed by atoms with van der Waals surface area (Å²) in [4.78, 5) is 0. The number of aryl methyl sites for hydroxylation is 1. The Morgan fingerprint density at radius 2 is 2.16 bits per heavy atom. The number of rotatable bonds is 6. The minimum absolute atomic E-state index is 0.229. The zero-order valence-corrected chi connectivity index (χ0v) is 11.8. The molecule has 0 aliphatic heterocycles. The summed E-state index contributed by atoms with van der Waals surface area (Å²) in [6, 6.07) is 8.41. The molecular weight excluding hydrogens is 238 g/mol. The predicted octanol–water partition coefficient (Wildman–Crippen LogP) is 2.32. The summed E-state index contributed by atoms with van der Waals surface area (Å²) in [5.74, 6) is 0.952. The fourth-order valence-electron chi connectivity index (χ4n) is 2.24. The Balaban J connectivity index is 2.21. The van der Waals surface area contributed by atoms with Crippen LogP contribution >= 0.6 is 0 Å². The van der Waals surface area contributed by atoms with Crippen molar-refractivity contribution >= 4 is 0 Å². The Hall–Kier alpha value is -1.81. The highest BCUT2D eigenvalue weighted by atomic mass is 16.5.